The number of nitro benzene ring substituents is 1. The topological polar surface area (TPSA) is 114 Å². The third-order valence-electron chi connectivity index (χ3n) is 6.89. The molecular weight excluding hydrogens is 553 g/mol. The SMILES string of the molecule is CC(C)CCN(CC(=O)N(Cc1ccc(F)cc1)Cc1coc2ccccc2c1=O)C(=O)C=Cc1ccc([N+](=O)[O-])cc1. The zero-order valence-corrected chi connectivity index (χ0v) is 23.9. The predicted octanol–water partition coefficient (Wildman–Crippen LogP) is 5.96. The molecule has 10 heteroatoms. The Labute approximate surface area is 248 Å². The Balaban J connectivity index is 1.58. The van der Waals surface area contributed by atoms with Gasteiger partial charge in [0.25, 0.3) is 5.69 Å². The van der Waals surface area contributed by atoms with Crippen LogP contribution in [0.4, 0.5) is 10.1 Å². The van der Waals surface area contributed by atoms with Crippen molar-refractivity contribution in [1.29, 1.82) is 0 Å². The average molecular weight is 586 g/mol. The first-order valence-electron chi connectivity index (χ1n) is 13.8. The number of carbonyl (C=O) groups is 2. The zero-order valence-electron chi connectivity index (χ0n) is 23.9. The molecule has 1 heterocycles. The maximum Gasteiger partial charge on any atom is 0.269 e. The van der Waals surface area contributed by atoms with Crippen LogP contribution in [-0.4, -0.2) is 39.6 Å². The number of para-hydroxylation sites is 1. The van der Waals surface area contributed by atoms with E-state index in [4.69, 9.17) is 4.42 Å². The van der Waals surface area contributed by atoms with Gasteiger partial charge in [0.05, 0.1) is 28.7 Å². The summed E-state index contributed by atoms with van der Waals surface area (Å²) in [7, 11) is 0. The number of non-ortho nitro benzene ring substituents is 1. The highest BCUT2D eigenvalue weighted by Gasteiger charge is 2.22. The van der Waals surface area contributed by atoms with Gasteiger partial charge in [-0.2, -0.15) is 0 Å². The molecule has 0 N–H and O–H groups in total. The van der Waals surface area contributed by atoms with E-state index in [1.807, 2.05) is 13.8 Å². The van der Waals surface area contributed by atoms with Crippen molar-refractivity contribution < 1.29 is 23.3 Å². The Morgan fingerprint density at radius 2 is 1.67 bits per heavy atom. The number of benzene rings is 3. The molecule has 0 bridgehead atoms. The molecule has 3 aromatic carbocycles. The Morgan fingerprint density at radius 3 is 2.35 bits per heavy atom. The highest BCUT2D eigenvalue weighted by molar-refractivity contribution is 5.94. The smallest absolute Gasteiger partial charge is 0.269 e. The van der Waals surface area contributed by atoms with Crippen molar-refractivity contribution in [3.05, 3.63) is 128 Å². The molecule has 43 heavy (non-hydrogen) atoms. The van der Waals surface area contributed by atoms with E-state index in [1.165, 1.54) is 64.6 Å². The van der Waals surface area contributed by atoms with Crippen LogP contribution in [0.15, 0.2) is 94.3 Å². The minimum atomic E-state index is -0.503. The first kappa shape index (κ1) is 30.8. The van der Waals surface area contributed by atoms with E-state index >= 15 is 0 Å². The molecular formula is C33H32FN3O6. The van der Waals surface area contributed by atoms with Crippen LogP contribution in [0, 0.1) is 21.8 Å². The van der Waals surface area contributed by atoms with Gasteiger partial charge in [-0.25, -0.2) is 4.39 Å². The molecule has 0 saturated heterocycles. The molecule has 0 aliphatic carbocycles. The second-order valence-corrected chi connectivity index (χ2v) is 10.6. The number of nitro groups is 1. The normalized spacial score (nSPS) is 11.3. The van der Waals surface area contributed by atoms with Crippen LogP contribution >= 0.6 is 0 Å². The number of nitrogens with zero attached hydrogens (tertiary/aromatic N) is 3. The highest BCUT2D eigenvalue weighted by Crippen LogP contribution is 2.16. The second kappa shape index (κ2) is 14.2. The van der Waals surface area contributed by atoms with Crippen LogP contribution in [0.2, 0.25) is 0 Å². The Bertz CT molecular complexity index is 1680. The van der Waals surface area contributed by atoms with Gasteiger partial charge < -0.3 is 14.2 Å². The minimum absolute atomic E-state index is 0.0608. The van der Waals surface area contributed by atoms with Gasteiger partial charge >= 0.3 is 0 Å². The lowest BCUT2D eigenvalue weighted by atomic mass is 10.1. The molecule has 222 valence electrons. The zero-order chi connectivity index (χ0) is 30.9. The number of hydrogen-bond donors (Lipinski definition) is 0. The maximum atomic E-state index is 13.8. The van der Waals surface area contributed by atoms with Crippen molar-refractivity contribution in [2.45, 2.75) is 33.4 Å². The molecule has 4 aromatic rings. The van der Waals surface area contributed by atoms with Crippen LogP contribution in [0.25, 0.3) is 17.0 Å². The van der Waals surface area contributed by atoms with E-state index in [1.54, 1.807) is 36.4 Å². The van der Waals surface area contributed by atoms with E-state index in [2.05, 4.69) is 0 Å². The van der Waals surface area contributed by atoms with Gasteiger partial charge in [-0.15, -0.1) is 0 Å². The van der Waals surface area contributed by atoms with Gasteiger partial charge in [0, 0.05) is 31.3 Å². The summed E-state index contributed by atoms with van der Waals surface area (Å²) in [6.45, 7) is 4.09. The van der Waals surface area contributed by atoms with Gasteiger partial charge in [0.2, 0.25) is 11.8 Å². The lowest BCUT2D eigenvalue weighted by Crippen LogP contribution is -2.43. The van der Waals surface area contributed by atoms with Crippen molar-refractivity contribution in [2.24, 2.45) is 5.92 Å². The fraction of sp³-hybridized carbons (Fsp3) is 0.242. The van der Waals surface area contributed by atoms with Gasteiger partial charge in [-0.1, -0.05) is 38.1 Å². The highest BCUT2D eigenvalue weighted by atomic mass is 19.1. The van der Waals surface area contributed by atoms with E-state index in [0.717, 1.165) is 0 Å². The minimum Gasteiger partial charge on any atom is -0.464 e. The average Bonchev–Trinajstić information content (AvgIpc) is 3.00. The molecule has 9 nitrogen and oxygen atoms in total. The van der Waals surface area contributed by atoms with Gasteiger partial charge in [-0.3, -0.25) is 24.5 Å². The molecule has 0 aliphatic rings. The summed E-state index contributed by atoms with van der Waals surface area (Å²) in [5.41, 5.74) is 1.62. The number of carbonyl (C=O) groups excluding carboxylic acids is 2. The fourth-order valence-corrected chi connectivity index (χ4v) is 4.40. The monoisotopic (exact) mass is 585 g/mol. The van der Waals surface area contributed by atoms with Crippen LogP contribution in [0.1, 0.15) is 37.0 Å². The molecule has 0 spiro atoms. The van der Waals surface area contributed by atoms with E-state index < -0.39 is 22.6 Å². The standard InChI is InChI=1S/C33H32FN3O6/c1-23(2)17-18-35(31(38)16-11-24-9-14-28(15-10-24)37(41)42)21-32(39)36(19-25-7-12-27(34)13-8-25)20-26-22-43-30-6-4-3-5-29(30)33(26)40/h3-16,22-23H,17-21H2,1-2H3. The second-order valence-electron chi connectivity index (χ2n) is 10.6. The molecule has 0 radical (unpaired) electrons. The van der Waals surface area contributed by atoms with Gasteiger partial charge in [-0.05, 0) is 65.9 Å². The molecule has 4 rings (SSSR count). The summed E-state index contributed by atoms with van der Waals surface area (Å²) in [5.74, 6) is -0.958. The van der Waals surface area contributed by atoms with Crippen molar-refractivity contribution >= 4 is 34.5 Å². The lowest BCUT2D eigenvalue weighted by Gasteiger charge is -2.28. The Kier molecular flexibility index (Phi) is 10.2. The molecule has 1 aromatic heterocycles. The number of amides is 2. The lowest BCUT2D eigenvalue weighted by molar-refractivity contribution is -0.384. The van der Waals surface area contributed by atoms with Crippen LogP contribution in [-0.2, 0) is 22.7 Å². The fourth-order valence-electron chi connectivity index (χ4n) is 4.40. The van der Waals surface area contributed by atoms with E-state index in [9.17, 15) is 28.9 Å². The van der Waals surface area contributed by atoms with Gasteiger partial charge in [0.1, 0.15) is 17.9 Å². The number of rotatable bonds is 12. The number of fused-ring (bicyclic) bond motifs is 1. The van der Waals surface area contributed by atoms with Crippen molar-refractivity contribution in [1.82, 2.24) is 9.80 Å². The van der Waals surface area contributed by atoms with Gasteiger partial charge in [0.15, 0.2) is 5.43 Å². The first-order chi connectivity index (χ1) is 20.6. The third-order valence-corrected chi connectivity index (χ3v) is 6.89. The Morgan fingerprint density at radius 1 is 0.977 bits per heavy atom. The van der Waals surface area contributed by atoms with E-state index in [0.29, 0.717) is 35.1 Å². The number of halogens is 1. The number of hydrogen-bond acceptors (Lipinski definition) is 6. The van der Waals surface area contributed by atoms with Crippen LogP contribution in [0.3, 0.4) is 0 Å². The Hall–Kier alpha value is -5.12. The summed E-state index contributed by atoms with van der Waals surface area (Å²) >= 11 is 0. The summed E-state index contributed by atoms with van der Waals surface area (Å²) in [6.07, 6.45) is 4.85. The van der Waals surface area contributed by atoms with Crippen molar-refractivity contribution in [2.75, 3.05) is 13.1 Å². The molecule has 0 atom stereocenters. The predicted molar refractivity (Wildman–Crippen MR) is 161 cm³/mol. The summed E-state index contributed by atoms with van der Waals surface area (Å²) in [4.78, 5) is 53.6. The van der Waals surface area contributed by atoms with Crippen LogP contribution in [0.5, 0.6) is 0 Å². The summed E-state index contributed by atoms with van der Waals surface area (Å²) in [5, 5.41) is 11.3. The summed E-state index contributed by atoms with van der Waals surface area (Å²) in [6, 6.07) is 18.3. The quantitative estimate of drug-likeness (QED) is 0.115. The molecule has 0 unspecified atom stereocenters. The van der Waals surface area contributed by atoms with Crippen molar-refractivity contribution in [3.63, 3.8) is 0 Å². The molecule has 2 amide bonds. The molecule has 0 fully saturated rings. The molecule has 0 saturated carbocycles. The van der Waals surface area contributed by atoms with E-state index in [-0.39, 0.29) is 42.2 Å². The maximum absolute atomic E-state index is 13.8. The van der Waals surface area contributed by atoms with Crippen molar-refractivity contribution in [3.8, 4) is 0 Å². The third kappa shape index (κ3) is 8.45. The van der Waals surface area contributed by atoms with Crippen LogP contribution < -0.4 is 5.43 Å². The summed E-state index contributed by atoms with van der Waals surface area (Å²) < 4.78 is 19.2. The molecule has 0 aliphatic heterocycles. The largest absolute Gasteiger partial charge is 0.464 e. The first-order valence-corrected chi connectivity index (χ1v) is 13.8.